The Balaban J connectivity index is 2.23. The van der Waals surface area contributed by atoms with E-state index in [4.69, 9.17) is 9.47 Å². The minimum atomic E-state index is -0.693. The van der Waals surface area contributed by atoms with E-state index in [1.807, 2.05) is 30.3 Å². The van der Waals surface area contributed by atoms with Gasteiger partial charge in [-0.25, -0.2) is 14.4 Å². The molecule has 0 aliphatic carbocycles. The van der Waals surface area contributed by atoms with Crippen LogP contribution in [0.2, 0.25) is 0 Å². The number of amides is 1. The van der Waals surface area contributed by atoms with Crippen LogP contribution < -0.4 is 0 Å². The summed E-state index contributed by atoms with van der Waals surface area (Å²) in [6.07, 6.45) is 1.40. The van der Waals surface area contributed by atoms with Crippen LogP contribution >= 0.6 is 0 Å². The van der Waals surface area contributed by atoms with Gasteiger partial charge in [-0.15, -0.1) is 0 Å². The lowest BCUT2D eigenvalue weighted by molar-refractivity contribution is -0.139. The zero-order valence-corrected chi connectivity index (χ0v) is 13.1. The quantitative estimate of drug-likeness (QED) is 0.430. The number of hydrogen-bond donors (Lipinski definition) is 0. The average molecular weight is 321 g/mol. The molecule has 7 nitrogen and oxygen atoms in total. The fraction of sp³-hybridized carbons (Fsp3) is 0.312. The third-order valence-corrected chi connectivity index (χ3v) is 2.74. The summed E-state index contributed by atoms with van der Waals surface area (Å²) in [6, 6.07) is 9.29. The molecule has 1 aromatic rings. The molecule has 0 spiro atoms. The van der Waals surface area contributed by atoms with Gasteiger partial charge in [0, 0.05) is 19.2 Å². The van der Waals surface area contributed by atoms with Crippen molar-refractivity contribution in [2.45, 2.75) is 6.61 Å². The molecule has 124 valence electrons. The van der Waals surface area contributed by atoms with Crippen molar-refractivity contribution in [3.05, 3.63) is 48.0 Å². The molecule has 0 atom stereocenters. The van der Waals surface area contributed by atoms with E-state index in [-0.39, 0.29) is 19.8 Å². The van der Waals surface area contributed by atoms with Crippen molar-refractivity contribution in [3.63, 3.8) is 0 Å². The molecule has 0 unspecified atom stereocenters. The Kier molecular flexibility index (Phi) is 7.91. The highest BCUT2D eigenvalue weighted by Crippen LogP contribution is 2.02. The molecule has 23 heavy (non-hydrogen) atoms. The van der Waals surface area contributed by atoms with Crippen LogP contribution in [-0.4, -0.2) is 50.2 Å². The second kappa shape index (κ2) is 9.99. The first-order chi connectivity index (χ1) is 11.0. The second-order valence-corrected chi connectivity index (χ2v) is 4.49. The van der Waals surface area contributed by atoms with Gasteiger partial charge in [0.1, 0.15) is 13.2 Å². The van der Waals surface area contributed by atoms with Crippen molar-refractivity contribution in [2.75, 3.05) is 27.3 Å². The summed E-state index contributed by atoms with van der Waals surface area (Å²) >= 11 is 0. The summed E-state index contributed by atoms with van der Waals surface area (Å²) in [7, 11) is 2.74. The topological polar surface area (TPSA) is 82.1 Å². The summed E-state index contributed by atoms with van der Waals surface area (Å²) in [4.78, 5) is 35.1. The number of esters is 2. The molecular formula is C16H19NO6. The predicted molar refractivity (Wildman–Crippen MR) is 81.4 cm³/mol. The molecule has 0 saturated heterocycles. The zero-order valence-electron chi connectivity index (χ0n) is 13.1. The van der Waals surface area contributed by atoms with Crippen molar-refractivity contribution in [1.29, 1.82) is 0 Å². The number of methoxy groups -OCH3 is 1. The van der Waals surface area contributed by atoms with E-state index in [9.17, 15) is 14.4 Å². The molecule has 0 radical (unpaired) electrons. The number of rotatable bonds is 7. The number of carbonyl (C=O) groups is 3. The zero-order chi connectivity index (χ0) is 17.1. The predicted octanol–water partition coefficient (Wildman–Crippen LogP) is 1.53. The highest BCUT2D eigenvalue weighted by molar-refractivity contribution is 5.91. The van der Waals surface area contributed by atoms with E-state index >= 15 is 0 Å². The van der Waals surface area contributed by atoms with Gasteiger partial charge < -0.3 is 19.1 Å². The lowest BCUT2D eigenvalue weighted by Gasteiger charge is -2.16. The van der Waals surface area contributed by atoms with Gasteiger partial charge in [0.05, 0.1) is 13.7 Å². The number of nitrogens with zero attached hydrogens (tertiary/aromatic N) is 1. The summed E-state index contributed by atoms with van der Waals surface area (Å²) in [5, 5.41) is 0. The summed E-state index contributed by atoms with van der Waals surface area (Å²) in [5.74, 6) is -1.34. The Labute approximate surface area is 134 Å². The molecule has 0 aliphatic heterocycles. The van der Waals surface area contributed by atoms with Crippen molar-refractivity contribution in [2.24, 2.45) is 0 Å². The number of hydrogen-bond acceptors (Lipinski definition) is 6. The van der Waals surface area contributed by atoms with E-state index in [1.165, 1.54) is 19.1 Å². The lowest BCUT2D eigenvalue weighted by Crippen LogP contribution is -2.31. The van der Waals surface area contributed by atoms with Crippen LogP contribution in [0.4, 0.5) is 4.79 Å². The van der Waals surface area contributed by atoms with Gasteiger partial charge in [0.25, 0.3) is 0 Å². The maximum atomic E-state index is 11.7. The summed E-state index contributed by atoms with van der Waals surface area (Å²) < 4.78 is 14.3. The summed E-state index contributed by atoms with van der Waals surface area (Å²) in [6.45, 7) is 0.332. The number of likely N-dealkylation sites (N-methyl/N-ethyl adjacent to an activating group) is 1. The smallest absolute Gasteiger partial charge is 0.409 e. The first-order valence-electron chi connectivity index (χ1n) is 6.87. The molecule has 0 aromatic heterocycles. The van der Waals surface area contributed by atoms with Gasteiger partial charge in [-0.3, -0.25) is 0 Å². The van der Waals surface area contributed by atoms with Crippen LogP contribution in [0, 0.1) is 0 Å². The fourth-order valence-electron chi connectivity index (χ4n) is 1.46. The second-order valence-electron chi connectivity index (χ2n) is 4.49. The summed E-state index contributed by atoms with van der Waals surface area (Å²) in [5.41, 5.74) is 0.883. The van der Waals surface area contributed by atoms with Crippen molar-refractivity contribution < 1.29 is 28.6 Å². The maximum absolute atomic E-state index is 11.7. The monoisotopic (exact) mass is 321 g/mol. The Morgan fingerprint density at radius 1 is 1.04 bits per heavy atom. The van der Waals surface area contributed by atoms with Crippen LogP contribution in [0.5, 0.6) is 0 Å². The minimum Gasteiger partial charge on any atom is -0.466 e. The molecule has 0 fully saturated rings. The first-order valence-corrected chi connectivity index (χ1v) is 6.87. The Morgan fingerprint density at radius 2 is 1.70 bits per heavy atom. The number of ether oxygens (including phenoxy) is 3. The van der Waals surface area contributed by atoms with E-state index in [0.717, 1.165) is 17.7 Å². The van der Waals surface area contributed by atoms with Crippen LogP contribution in [0.1, 0.15) is 5.56 Å². The molecule has 0 heterocycles. The van der Waals surface area contributed by atoms with Crippen LogP contribution in [0.15, 0.2) is 42.5 Å². The van der Waals surface area contributed by atoms with Gasteiger partial charge in [-0.2, -0.15) is 0 Å². The van der Waals surface area contributed by atoms with Gasteiger partial charge in [0.15, 0.2) is 0 Å². The molecule has 0 bridgehead atoms. The molecule has 1 rings (SSSR count). The van der Waals surface area contributed by atoms with Crippen molar-refractivity contribution in [3.8, 4) is 0 Å². The Hall–Kier alpha value is -2.83. The molecule has 0 N–H and O–H groups in total. The van der Waals surface area contributed by atoms with Gasteiger partial charge in [-0.05, 0) is 5.56 Å². The molecule has 7 heteroatoms. The fourth-order valence-corrected chi connectivity index (χ4v) is 1.46. The third-order valence-electron chi connectivity index (χ3n) is 2.74. The highest BCUT2D eigenvalue weighted by Gasteiger charge is 2.10. The van der Waals surface area contributed by atoms with Crippen LogP contribution in [0.25, 0.3) is 0 Å². The van der Waals surface area contributed by atoms with Crippen molar-refractivity contribution in [1.82, 2.24) is 4.90 Å². The highest BCUT2D eigenvalue weighted by atomic mass is 16.6. The normalized spacial score (nSPS) is 10.2. The largest absolute Gasteiger partial charge is 0.466 e. The molecule has 0 saturated carbocycles. The minimum absolute atomic E-state index is 0.0126. The van der Waals surface area contributed by atoms with Crippen LogP contribution in [-0.2, 0) is 30.4 Å². The number of benzene rings is 1. The maximum Gasteiger partial charge on any atom is 0.409 e. The van der Waals surface area contributed by atoms with Crippen molar-refractivity contribution >= 4 is 18.0 Å². The Morgan fingerprint density at radius 3 is 2.35 bits per heavy atom. The third kappa shape index (κ3) is 7.66. The average Bonchev–Trinajstić information content (AvgIpc) is 2.58. The molecule has 1 aromatic carbocycles. The lowest BCUT2D eigenvalue weighted by atomic mass is 10.2. The Bertz CT molecular complexity index is 555. The standard InChI is InChI=1S/C16H19NO6/c1-17(10-11-22-15(19)9-8-14(18)21-2)16(20)23-12-13-6-4-3-5-7-13/h3-9H,10-12H2,1-2H3/b9-8+. The first kappa shape index (κ1) is 18.2. The van der Waals surface area contributed by atoms with E-state index < -0.39 is 18.0 Å². The SMILES string of the molecule is COC(=O)/C=C/C(=O)OCCN(C)C(=O)OCc1ccccc1. The van der Waals surface area contributed by atoms with Gasteiger partial charge in [-0.1, -0.05) is 30.3 Å². The van der Waals surface area contributed by atoms with Gasteiger partial charge >= 0.3 is 18.0 Å². The molecular weight excluding hydrogens is 302 g/mol. The van der Waals surface area contributed by atoms with Crippen LogP contribution in [0.3, 0.4) is 0 Å². The van der Waals surface area contributed by atoms with E-state index in [1.54, 1.807) is 0 Å². The van der Waals surface area contributed by atoms with E-state index in [2.05, 4.69) is 4.74 Å². The molecule has 1 amide bonds. The molecule has 0 aliphatic rings. The number of carbonyl (C=O) groups excluding carboxylic acids is 3. The van der Waals surface area contributed by atoms with E-state index in [0.29, 0.717) is 0 Å². The van der Waals surface area contributed by atoms with Gasteiger partial charge in [0.2, 0.25) is 0 Å².